The molecule has 0 N–H and O–H groups in total. The van der Waals surface area contributed by atoms with Gasteiger partial charge >= 0.3 is 11.9 Å². The number of rotatable bonds is 12. The molecular formula is C22H40O4. The summed E-state index contributed by atoms with van der Waals surface area (Å²) in [5.41, 5.74) is 0. The Morgan fingerprint density at radius 3 is 1.35 bits per heavy atom. The molecule has 0 radical (unpaired) electrons. The molecule has 0 aromatic heterocycles. The highest BCUT2D eigenvalue weighted by Crippen LogP contribution is 2.27. The average Bonchev–Trinajstić information content (AvgIpc) is 2.64. The molecule has 152 valence electrons. The van der Waals surface area contributed by atoms with Crippen LogP contribution in [0.2, 0.25) is 0 Å². The van der Waals surface area contributed by atoms with E-state index >= 15 is 0 Å². The highest BCUT2D eigenvalue weighted by atomic mass is 16.6. The summed E-state index contributed by atoms with van der Waals surface area (Å²) in [6, 6.07) is 0. The molecule has 0 bridgehead atoms. The summed E-state index contributed by atoms with van der Waals surface area (Å²) in [7, 11) is 0. The molecule has 0 heterocycles. The monoisotopic (exact) mass is 368 g/mol. The number of ether oxygens (including phenoxy) is 2. The molecule has 1 aliphatic carbocycles. The number of hydrogen-bond donors (Lipinski definition) is 0. The zero-order valence-corrected chi connectivity index (χ0v) is 17.4. The Hall–Kier alpha value is -1.06. The molecule has 2 atom stereocenters. The van der Waals surface area contributed by atoms with Crippen LogP contribution in [0.25, 0.3) is 0 Å². The number of carbonyl (C=O) groups excluding carboxylic acids is 2. The molecule has 0 aliphatic heterocycles. The fraction of sp³-hybridized carbons (Fsp3) is 0.909. The van der Waals surface area contributed by atoms with E-state index in [4.69, 9.17) is 9.47 Å². The maximum atomic E-state index is 12.3. The number of unbranched alkanes of at least 4 members (excludes halogenated alkanes) is 2. The van der Waals surface area contributed by atoms with Gasteiger partial charge in [-0.2, -0.15) is 0 Å². The Morgan fingerprint density at radius 2 is 1.08 bits per heavy atom. The van der Waals surface area contributed by atoms with Crippen molar-refractivity contribution in [3.63, 3.8) is 0 Å². The first-order chi connectivity index (χ1) is 12.5. The zero-order valence-electron chi connectivity index (χ0n) is 17.4. The predicted octanol–water partition coefficient (Wildman–Crippen LogP) is 5.82. The lowest BCUT2D eigenvalue weighted by Crippen LogP contribution is -2.32. The Morgan fingerprint density at radius 1 is 0.731 bits per heavy atom. The average molecular weight is 369 g/mol. The minimum Gasteiger partial charge on any atom is -0.462 e. The number of carbonyl (C=O) groups is 2. The third-order valence-corrected chi connectivity index (χ3v) is 5.65. The van der Waals surface area contributed by atoms with Crippen molar-refractivity contribution >= 4 is 11.9 Å². The molecule has 26 heavy (non-hydrogen) atoms. The zero-order chi connectivity index (χ0) is 19.4. The van der Waals surface area contributed by atoms with Crippen LogP contribution in [0.3, 0.4) is 0 Å². The Labute approximate surface area is 160 Å². The van der Waals surface area contributed by atoms with Crippen molar-refractivity contribution in [3.05, 3.63) is 0 Å². The third kappa shape index (κ3) is 8.09. The topological polar surface area (TPSA) is 52.6 Å². The first kappa shape index (κ1) is 23.0. The molecule has 0 aromatic rings. The van der Waals surface area contributed by atoms with Crippen LogP contribution in [0.15, 0.2) is 0 Å². The van der Waals surface area contributed by atoms with Crippen molar-refractivity contribution in [3.8, 4) is 0 Å². The molecular weight excluding hydrogens is 328 g/mol. The van der Waals surface area contributed by atoms with Crippen molar-refractivity contribution < 1.29 is 19.1 Å². The van der Waals surface area contributed by atoms with Crippen LogP contribution in [0, 0.1) is 11.8 Å². The van der Waals surface area contributed by atoms with Gasteiger partial charge in [-0.3, -0.25) is 9.59 Å². The van der Waals surface area contributed by atoms with Crippen LogP contribution in [-0.4, -0.2) is 24.1 Å². The van der Waals surface area contributed by atoms with Crippen molar-refractivity contribution in [1.29, 1.82) is 0 Å². The first-order valence-electron chi connectivity index (χ1n) is 11.0. The Bertz CT molecular complexity index is 361. The van der Waals surface area contributed by atoms with Gasteiger partial charge in [0.25, 0.3) is 0 Å². The van der Waals surface area contributed by atoms with E-state index in [1.807, 2.05) is 0 Å². The number of hydrogen-bond acceptors (Lipinski definition) is 4. The van der Waals surface area contributed by atoms with Crippen molar-refractivity contribution in [2.45, 2.75) is 117 Å². The summed E-state index contributed by atoms with van der Waals surface area (Å²) in [5, 5.41) is 0. The van der Waals surface area contributed by atoms with Crippen LogP contribution in [0.5, 0.6) is 0 Å². The van der Waals surface area contributed by atoms with Gasteiger partial charge in [0.15, 0.2) is 0 Å². The van der Waals surface area contributed by atoms with E-state index in [0.29, 0.717) is 0 Å². The van der Waals surface area contributed by atoms with Crippen LogP contribution in [-0.2, 0) is 19.1 Å². The van der Waals surface area contributed by atoms with E-state index < -0.39 is 0 Å². The van der Waals surface area contributed by atoms with Gasteiger partial charge in [0.1, 0.15) is 12.2 Å². The van der Waals surface area contributed by atoms with Crippen molar-refractivity contribution in [2.24, 2.45) is 11.8 Å². The smallest absolute Gasteiger partial charge is 0.309 e. The molecule has 0 amide bonds. The second-order valence-corrected chi connectivity index (χ2v) is 7.77. The summed E-state index contributed by atoms with van der Waals surface area (Å²) < 4.78 is 11.5. The largest absolute Gasteiger partial charge is 0.462 e. The molecule has 4 nitrogen and oxygen atoms in total. The van der Waals surface area contributed by atoms with Crippen LogP contribution in [0.4, 0.5) is 0 Å². The second kappa shape index (κ2) is 13.2. The highest BCUT2D eigenvalue weighted by Gasteiger charge is 2.29. The minimum absolute atomic E-state index is 0.00445. The summed E-state index contributed by atoms with van der Waals surface area (Å²) in [6.07, 6.45) is 11.1. The van der Waals surface area contributed by atoms with Gasteiger partial charge in [0.05, 0.1) is 11.8 Å². The normalized spacial score (nSPS) is 22.5. The van der Waals surface area contributed by atoms with Gasteiger partial charge in [-0.15, -0.1) is 0 Å². The lowest BCUT2D eigenvalue weighted by molar-refractivity contribution is -0.163. The third-order valence-electron chi connectivity index (χ3n) is 5.65. The molecule has 1 rings (SSSR count). The van der Waals surface area contributed by atoms with Crippen LogP contribution >= 0.6 is 0 Å². The van der Waals surface area contributed by atoms with E-state index in [9.17, 15) is 9.59 Å². The van der Waals surface area contributed by atoms with Crippen LogP contribution < -0.4 is 0 Å². The van der Waals surface area contributed by atoms with E-state index in [1.165, 1.54) is 0 Å². The maximum absolute atomic E-state index is 12.3. The SMILES string of the molecule is CCCCC(CC)C(=O)OC1CCC(OC(=O)C(CC)CCCC)CC1. The summed E-state index contributed by atoms with van der Waals surface area (Å²) in [5.74, 6) is 0.00257. The first-order valence-corrected chi connectivity index (χ1v) is 11.0. The molecule has 1 fully saturated rings. The quantitative estimate of drug-likeness (QED) is 0.407. The van der Waals surface area contributed by atoms with E-state index in [1.54, 1.807) is 0 Å². The van der Waals surface area contributed by atoms with Gasteiger partial charge in [-0.25, -0.2) is 0 Å². The lowest BCUT2D eigenvalue weighted by Gasteiger charge is -2.30. The van der Waals surface area contributed by atoms with E-state index in [-0.39, 0.29) is 36.0 Å². The van der Waals surface area contributed by atoms with Gasteiger partial charge in [0, 0.05) is 0 Å². The van der Waals surface area contributed by atoms with Crippen molar-refractivity contribution in [1.82, 2.24) is 0 Å². The maximum Gasteiger partial charge on any atom is 0.309 e. The molecule has 0 spiro atoms. The lowest BCUT2D eigenvalue weighted by atomic mass is 9.93. The Kier molecular flexibility index (Phi) is 11.6. The molecule has 0 saturated heterocycles. The molecule has 4 heteroatoms. The van der Waals surface area contributed by atoms with Gasteiger partial charge in [-0.1, -0.05) is 53.4 Å². The minimum atomic E-state index is -0.0352. The fourth-order valence-corrected chi connectivity index (χ4v) is 3.67. The van der Waals surface area contributed by atoms with Gasteiger partial charge < -0.3 is 9.47 Å². The predicted molar refractivity (Wildman–Crippen MR) is 105 cm³/mol. The molecule has 0 aromatic carbocycles. The van der Waals surface area contributed by atoms with E-state index in [2.05, 4.69) is 27.7 Å². The Balaban J connectivity index is 2.35. The second-order valence-electron chi connectivity index (χ2n) is 7.77. The molecule has 1 aliphatic rings. The highest BCUT2D eigenvalue weighted by molar-refractivity contribution is 5.73. The summed E-state index contributed by atoms with van der Waals surface area (Å²) >= 11 is 0. The fourth-order valence-electron chi connectivity index (χ4n) is 3.67. The molecule has 1 saturated carbocycles. The van der Waals surface area contributed by atoms with Crippen molar-refractivity contribution in [2.75, 3.05) is 0 Å². The standard InChI is InChI=1S/C22H40O4/c1-5-9-11-17(7-3)21(23)25-19-13-15-20(16-14-19)26-22(24)18(8-4)12-10-6-2/h17-20H,5-16H2,1-4H3. The van der Waals surface area contributed by atoms with Crippen LogP contribution in [0.1, 0.15) is 105 Å². The number of esters is 2. The summed E-state index contributed by atoms with van der Waals surface area (Å²) in [6.45, 7) is 8.40. The molecule has 2 unspecified atom stereocenters. The van der Waals surface area contributed by atoms with Gasteiger partial charge in [-0.05, 0) is 51.4 Å². The van der Waals surface area contributed by atoms with Gasteiger partial charge in [0.2, 0.25) is 0 Å². The van der Waals surface area contributed by atoms with E-state index in [0.717, 1.165) is 77.0 Å². The summed E-state index contributed by atoms with van der Waals surface area (Å²) in [4.78, 5) is 24.7.